The third-order valence-corrected chi connectivity index (χ3v) is 2.73. The normalized spacial score (nSPS) is 15.7. The van der Waals surface area contributed by atoms with Gasteiger partial charge in [-0.2, -0.15) is 0 Å². The van der Waals surface area contributed by atoms with E-state index in [0.717, 1.165) is 12.8 Å². The first-order valence-electron chi connectivity index (χ1n) is 5.03. The first kappa shape index (κ1) is 8.47. The Morgan fingerprint density at radius 3 is 2.87 bits per heavy atom. The number of anilines is 1. The highest BCUT2D eigenvalue weighted by Crippen LogP contribution is 2.36. The first-order chi connectivity index (χ1) is 7.25. The predicted octanol–water partition coefficient (Wildman–Crippen LogP) is 1.31. The summed E-state index contributed by atoms with van der Waals surface area (Å²) in [6.45, 7) is 0. The molecule has 0 aromatic carbocycles. The van der Waals surface area contributed by atoms with E-state index in [9.17, 15) is 4.79 Å². The minimum absolute atomic E-state index is 0.00870. The highest BCUT2D eigenvalue weighted by Gasteiger charge is 2.24. The maximum absolute atomic E-state index is 11.6. The summed E-state index contributed by atoms with van der Waals surface area (Å²) in [6, 6.07) is 5.51. The zero-order valence-corrected chi connectivity index (χ0v) is 8.18. The predicted molar refractivity (Wildman–Crippen MR) is 58.7 cm³/mol. The van der Waals surface area contributed by atoms with Crippen molar-refractivity contribution >= 4 is 16.9 Å². The quantitative estimate of drug-likeness (QED) is 0.756. The molecule has 76 valence electrons. The van der Waals surface area contributed by atoms with Crippen molar-refractivity contribution in [1.82, 2.24) is 9.55 Å². The summed E-state index contributed by atoms with van der Waals surface area (Å²) in [5.41, 5.74) is 6.36. The summed E-state index contributed by atoms with van der Waals surface area (Å²) in [5.74, 6) is 0.461. The third-order valence-electron chi connectivity index (χ3n) is 2.73. The maximum atomic E-state index is 11.6. The Kier molecular flexibility index (Phi) is 1.59. The summed E-state index contributed by atoms with van der Waals surface area (Å²) < 4.78 is 2.05. The van der Waals surface area contributed by atoms with E-state index in [1.54, 1.807) is 18.2 Å². The lowest BCUT2D eigenvalue weighted by Gasteiger charge is -2.08. The molecule has 2 heterocycles. The van der Waals surface area contributed by atoms with Crippen molar-refractivity contribution in [2.75, 3.05) is 5.73 Å². The molecule has 15 heavy (non-hydrogen) atoms. The molecule has 3 rings (SSSR count). The number of hydrogen-bond acceptors (Lipinski definition) is 3. The van der Waals surface area contributed by atoms with Crippen LogP contribution in [0.1, 0.15) is 18.9 Å². The standard InChI is InChI=1S/C11H11N3O/c12-10-4-3-8-9(15)5-6-14(7-1-2-7)11(8)13-10/h3-7H,1-2H2,(H2,12,13). The van der Waals surface area contributed by atoms with Crippen LogP contribution in [0.2, 0.25) is 0 Å². The molecule has 0 unspecified atom stereocenters. The smallest absolute Gasteiger partial charge is 0.191 e. The Morgan fingerprint density at radius 2 is 2.13 bits per heavy atom. The van der Waals surface area contributed by atoms with E-state index in [2.05, 4.69) is 4.98 Å². The molecule has 4 heteroatoms. The molecule has 1 fully saturated rings. The molecule has 0 saturated heterocycles. The van der Waals surface area contributed by atoms with Crippen molar-refractivity contribution in [2.24, 2.45) is 0 Å². The van der Waals surface area contributed by atoms with Crippen molar-refractivity contribution in [3.63, 3.8) is 0 Å². The summed E-state index contributed by atoms with van der Waals surface area (Å²) >= 11 is 0. The molecule has 0 amide bonds. The SMILES string of the molecule is Nc1ccc2c(=O)ccn(C3CC3)c2n1. The Balaban J connectivity index is 2.41. The number of pyridine rings is 2. The van der Waals surface area contributed by atoms with Crippen LogP contribution in [0.4, 0.5) is 5.82 Å². The van der Waals surface area contributed by atoms with Crippen LogP contribution in [0.25, 0.3) is 11.0 Å². The zero-order valence-electron chi connectivity index (χ0n) is 8.18. The van der Waals surface area contributed by atoms with Crippen molar-refractivity contribution in [3.05, 3.63) is 34.6 Å². The maximum Gasteiger partial charge on any atom is 0.191 e. The second-order valence-corrected chi connectivity index (χ2v) is 3.93. The van der Waals surface area contributed by atoms with Gasteiger partial charge in [0.1, 0.15) is 11.5 Å². The second kappa shape index (κ2) is 2.82. The average molecular weight is 201 g/mol. The van der Waals surface area contributed by atoms with Crippen molar-refractivity contribution in [2.45, 2.75) is 18.9 Å². The summed E-state index contributed by atoms with van der Waals surface area (Å²) in [4.78, 5) is 15.8. The zero-order chi connectivity index (χ0) is 10.4. The molecule has 0 radical (unpaired) electrons. The second-order valence-electron chi connectivity index (χ2n) is 3.93. The number of nitrogen functional groups attached to an aromatic ring is 1. The molecule has 4 nitrogen and oxygen atoms in total. The minimum atomic E-state index is 0.00870. The van der Waals surface area contributed by atoms with Crippen LogP contribution in [-0.2, 0) is 0 Å². The van der Waals surface area contributed by atoms with Gasteiger partial charge in [-0.05, 0) is 25.0 Å². The molecule has 1 saturated carbocycles. The van der Waals surface area contributed by atoms with Gasteiger partial charge in [-0.1, -0.05) is 0 Å². The van der Waals surface area contributed by atoms with Crippen LogP contribution < -0.4 is 11.2 Å². The highest BCUT2D eigenvalue weighted by molar-refractivity contribution is 5.76. The van der Waals surface area contributed by atoms with Crippen LogP contribution in [0.5, 0.6) is 0 Å². The van der Waals surface area contributed by atoms with Crippen LogP contribution >= 0.6 is 0 Å². The van der Waals surface area contributed by atoms with Crippen LogP contribution in [0.15, 0.2) is 29.2 Å². The summed E-state index contributed by atoms with van der Waals surface area (Å²) in [7, 11) is 0. The molecular formula is C11H11N3O. The van der Waals surface area contributed by atoms with Gasteiger partial charge < -0.3 is 10.3 Å². The van der Waals surface area contributed by atoms with Crippen molar-refractivity contribution < 1.29 is 0 Å². The van der Waals surface area contributed by atoms with Gasteiger partial charge in [0.25, 0.3) is 0 Å². The van der Waals surface area contributed by atoms with Crippen LogP contribution in [0, 0.1) is 0 Å². The number of rotatable bonds is 1. The Labute approximate surface area is 86.4 Å². The number of fused-ring (bicyclic) bond motifs is 1. The number of hydrogen-bond donors (Lipinski definition) is 1. The van der Waals surface area contributed by atoms with Crippen molar-refractivity contribution in [1.29, 1.82) is 0 Å². The molecule has 1 aliphatic rings. The van der Waals surface area contributed by atoms with Crippen molar-refractivity contribution in [3.8, 4) is 0 Å². The lowest BCUT2D eigenvalue weighted by molar-refractivity contribution is 0.757. The van der Waals surface area contributed by atoms with E-state index < -0.39 is 0 Å². The molecule has 0 aliphatic heterocycles. The van der Waals surface area contributed by atoms with E-state index in [-0.39, 0.29) is 5.43 Å². The van der Waals surface area contributed by atoms with E-state index >= 15 is 0 Å². The minimum Gasteiger partial charge on any atom is -0.384 e. The molecule has 1 aliphatic carbocycles. The lowest BCUT2D eigenvalue weighted by atomic mass is 10.2. The Morgan fingerprint density at radius 1 is 1.33 bits per heavy atom. The van der Waals surface area contributed by atoms with Gasteiger partial charge in [-0.3, -0.25) is 4.79 Å². The van der Waals surface area contributed by atoms with Gasteiger partial charge in [0, 0.05) is 18.3 Å². The lowest BCUT2D eigenvalue weighted by Crippen LogP contribution is -2.09. The van der Waals surface area contributed by atoms with Gasteiger partial charge in [0.15, 0.2) is 5.43 Å². The van der Waals surface area contributed by atoms with Gasteiger partial charge in [-0.15, -0.1) is 0 Å². The third kappa shape index (κ3) is 1.29. The number of nitrogens with two attached hydrogens (primary N) is 1. The average Bonchev–Trinajstić information content (AvgIpc) is 3.02. The Bertz CT molecular complexity index is 584. The van der Waals surface area contributed by atoms with Gasteiger partial charge >= 0.3 is 0 Å². The van der Waals surface area contributed by atoms with Crippen LogP contribution in [-0.4, -0.2) is 9.55 Å². The highest BCUT2D eigenvalue weighted by atomic mass is 16.1. The Hall–Kier alpha value is -1.84. The summed E-state index contributed by atoms with van der Waals surface area (Å²) in [6.07, 6.45) is 4.14. The summed E-state index contributed by atoms with van der Waals surface area (Å²) in [5, 5.41) is 0.651. The molecule has 2 aromatic rings. The fraction of sp³-hybridized carbons (Fsp3) is 0.273. The number of aromatic nitrogens is 2. The van der Waals surface area contributed by atoms with Gasteiger partial charge in [0.05, 0.1) is 5.39 Å². The fourth-order valence-corrected chi connectivity index (χ4v) is 1.81. The van der Waals surface area contributed by atoms with E-state index in [1.807, 2.05) is 10.8 Å². The van der Waals surface area contributed by atoms with Gasteiger partial charge in [0.2, 0.25) is 0 Å². The molecule has 2 N–H and O–H groups in total. The van der Waals surface area contributed by atoms with E-state index in [0.29, 0.717) is 22.9 Å². The van der Waals surface area contributed by atoms with Gasteiger partial charge in [-0.25, -0.2) is 4.98 Å². The molecule has 0 spiro atoms. The monoisotopic (exact) mass is 201 g/mol. The topological polar surface area (TPSA) is 60.9 Å². The number of nitrogens with zero attached hydrogens (tertiary/aromatic N) is 2. The molecule has 2 aromatic heterocycles. The van der Waals surface area contributed by atoms with Crippen LogP contribution in [0.3, 0.4) is 0 Å². The largest absolute Gasteiger partial charge is 0.384 e. The molecular weight excluding hydrogens is 190 g/mol. The molecule has 0 bridgehead atoms. The fourth-order valence-electron chi connectivity index (χ4n) is 1.81. The first-order valence-corrected chi connectivity index (χ1v) is 5.03. The van der Waals surface area contributed by atoms with E-state index in [4.69, 9.17) is 5.73 Å². The van der Waals surface area contributed by atoms with E-state index in [1.165, 1.54) is 0 Å². The molecule has 0 atom stereocenters.